The van der Waals surface area contributed by atoms with Crippen molar-refractivity contribution < 1.29 is 21.6 Å². The molecule has 0 bridgehead atoms. The van der Waals surface area contributed by atoms with E-state index in [1.54, 1.807) is 6.20 Å². The fourth-order valence-corrected chi connectivity index (χ4v) is 4.65. The van der Waals surface area contributed by atoms with Gasteiger partial charge in [-0.25, -0.2) is 8.42 Å². The van der Waals surface area contributed by atoms with Crippen molar-refractivity contribution in [3.63, 3.8) is 0 Å². The van der Waals surface area contributed by atoms with Crippen LogP contribution in [0, 0.1) is 6.92 Å². The zero-order chi connectivity index (χ0) is 18.2. The second kappa shape index (κ2) is 6.45. The number of sulfonamides is 1. The van der Waals surface area contributed by atoms with Crippen molar-refractivity contribution in [1.29, 1.82) is 0 Å². The molecule has 1 aromatic carbocycles. The Balaban J connectivity index is 1.83. The molecule has 1 aromatic heterocycles. The first-order valence-corrected chi connectivity index (χ1v) is 9.31. The summed E-state index contributed by atoms with van der Waals surface area (Å²) in [6.45, 7) is 2.54. The number of benzene rings is 1. The summed E-state index contributed by atoms with van der Waals surface area (Å²) < 4.78 is 64.8. The average Bonchev–Trinajstić information content (AvgIpc) is 3.00. The molecule has 1 aliphatic rings. The number of rotatable bonds is 3. The number of aryl methyl sites for hydroxylation is 1. The molecule has 136 valence electrons. The third kappa shape index (κ3) is 3.57. The number of nitrogens with zero attached hydrogens (tertiary/aromatic N) is 2. The molecule has 1 saturated heterocycles. The van der Waals surface area contributed by atoms with E-state index in [1.165, 1.54) is 4.31 Å². The van der Waals surface area contributed by atoms with Crippen molar-refractivity contribution in [1.82, 2.24) is 14.5 Å². The van der Waals surface area contributed by atoms with Gasteiger partial charge in [-0.15, -0.1) is 0 Å². The molecule has 25 heavy (non-hydrogen) atoms. The number of piperidine rings is 1. The lowest BCUT2D eigenvalue weighted by atomic mass is 9.94. The van der Waals surface area contributed by atoms with Crippen molar-refractivity contribution in [2.24, 2.45) is 0 Å². The van der Waals surface area contributed by atoms with E-state index >= 15 is 0 Å². The highest BCUT2D eigenvalue weighted by Gasteiger charge is 2.34. The molecular weight excluding hydrogens is 355 g/mol. The van der Waals surface area contributed by atoms with Gasteiger partial charge in [0.2, 0.25) is 10.0 Å². The summed E-state index contributed by atoms with van der Waals surface area (Å²) in [6, 6.07) is 3.63. The second-order valence-corrected chi connectivity index (χ2v) is 8.13. The standard InChI is InChI=1S/C16H18F3N3O2S/c1-11-9-20-21-15(11)12-3-2-8-22(10-12)25(23,24)14-6-4-13(5-7-14)16(17,18)19/h4-7,9,12H,2-3,8,10H2,1H3,(H,20,21)/t12-/m0/s1. The largest absolute Gasteiger partial charge is 0.416 e. The van der Waals surface area contributed by atoms with E-state index < -0.39 is 21.8 Å². The molecule has 3 rings (SSSR count). The minimum absolute atomic E-state index is 0.000438. The Morgan fingerprint density at radius 3 is 2.48 bits per heavy atom. The van der Waals surface area contributed by atoms with Crippen LogP contribution in [0.1, 0.15) is 35.6 Å². The Bertz CT molecular complexity index is 844. The van der Waals surface area contributed by atoms with Crippen LogP contribution >= 0.6 is 0 Å². The predicted octanol–water partition coefficient (Wildman–Crippen LogP) is 3.31. The number of aromatic nitrogens is 2. The maximum atomic E-state index is 12.8. The highest BCUT2D eigenvalue weighted by atomic mass is 32.2. The number of halogens is 3. The van der Waals surface area contributed by atoms with Gasteiger partial charge in [-0.3, -0.25) is 5.10 Å². The highest BCUT2D eigenvalue weighted by molar-refractivity contribution is 7.89. The van der Waals surface area contributed by atoms with E-state index in [4.69, 9.17) is 0 Å². The number of nitrogens with one attached hydrogen (secondary N) is 1. The van der Waals surface area contributed by atoms with Crippen molar-refractivity contribution in [2.75, 3.05) is 13.1 Å². The molecule has 0 amide bonds. The summed E-state index contributed by atoms with van der Waals surface area (Å²) in [6.07, 6.45) is -1.28. The van der Waals surface area contributed by atoms with Crippen molar-refractivity contribution in [3.05, 3.63) is 47.3 Å². The van der Waals surface area contributed by atoms with Crippen LogP contribution in [0.4, 0.5) is 13.2 Å². The Hall–Kier alpha value is -1.87. The van der Waals surface area contributed by atoms with Crippen LogP contribution in [0.5, 0.6) is 0 Å². The van der Waals surface area contributed by atoms with E-state index in [-0.39, 0.29) is 17.4 Å². The van der Waals surface area contributed by atoms with Gasteiger partial charge in [-0.2, -0.15) is 22.6 Å². The number of hydrogen-bond donors (Lipinski definition) is 1. The maximum absolute atomic E-state index is 12.8. The van der Waals surface area contributed by atoms with Gasteiger partial charge >= 0.3 is 6.18 Å². The van der Waals surface area contributed by atoms with Crippen molar-refractivity contribution in [3.8, 4) is 0 Å². The van der Waals surface area contributed by atoms with E-state index in [0.717, 1.165) is 41.9 Å². The van der Waals surface area contributed by atoms with Crippen LogP contribution in [0.25, 0.3) is 0 Å². The summed E-state index contributed by atoms with van der Waals surface area (Å²) >= 11 is 0. The van der Waals surface area contributed by atoms with Gasteiger partial charge in [0.05, 0.1) is 16.7 Å². The minimum atomic E-state index is -4.49. The number of H-pyrrole nitrogens is 1. The molecule has 1 atom stereocenters. The summed E-state index contributed by atoms with van der Waals surface area (Å²) in [7, 11) is -3.83. The monoisotopic (exact) mass is 373 g/mol. The molecule has 2 heterocycles. The molecule has 2 aromatic rings. The highest BCUT2D eigenvalue weighted by Crippen LogP contribution is 2.33. The number of hydrogen-bond acceptors (Lipinski definition) is 3. The van der Waals surface area contributed by atoms with Gasteiger partial charge in [0, 0.05) is 24.7 Å². The van der Waals surface area contributed by atoms with Gasteiger partial charge in [0.25, 0.3) is 0 Å². The third-order valence-electron chi connectivity index (χ3n) is 4.48. The zero-order valence-corrected chi connectivity index (χ0v) is 14.4. The van der Waals surface area contributed by atoms with Gasteiger partial charge in [0.15, 0.2) is 0 Å². The fraction of sp³-hybridized carbons (Fsp3) is 0.438. The molecule has 1 aliphatic heterocycles. The molecule has 0 spiro atoms. The smallest absolute Gasteiger partial charge is 0.282 e. The van der Waals surface area contributed by atoms with Crippen LogP contribution in [0.15, 0.2) is 35.4 Å². The molecule has 9 heteroatoms. The van der Waals surface area contributed by atoms with Crippen LogP contribution in [0.3, 0.4) is 0 Å². The van der Waals surface area contributed by atoms with Gasteiger partial charge < -0.3 is 0 Å². The van der Waals surface area contributed by atoms with Crippen molar-refractivity contribution in [2.45, 2.75) is 36.8 Å². The van der Waals surface area contributed by atoms with E-state index in [1.807, 2.05) is 6.92 Å². The van der Waals surface area contributed by atoms with Crippen LogP contribution in [-0.4, -0.2) is 36.0 Å². The summed E-state index contributed by atoms with van der Waals surface area (Å²) in [5.74, 6) is 0.000438. The molecule has 1 fully saturated rings. The topological polar surface area (TPSA) is 66.1 Å². The lowest BCUT2D eigenvalue weighted by Gasteiger charge is -2.31. The first kappa shape index (κ1) is 17.9. The first-order valence-electron chi connectivity index (χ1n) is 7.87. The third-order valence-corrected chi connectivity index (χ3v) is 6.36. The van der Waals surface area contributed by atoms with Gasteiger partial charge in [-0.05, 0) is 49.6 Å². The molecule has 1 N–H and O–H groups in total. The molecule has 0 saturated carbocycles. The fourth-order valence-electron chi connectivity index (χ4n) is 3.13. The number of aromatic amines is 1. The summed E-state index contributed by atoms with van der Waals surface area (Å²) in [5, 5.41) is 6.89. The minimum Gasteiger partial charge on any atom is -0.282 e. The zero-order valence-electron chi connectivity index (χ0n) is 13.5. The van der Waals surface area contributed by atoms with Gasteiger partial charge in [0.1, 0.15) is 0 Å². The van der Waals surface area contributed by atoms with Crippen LogP contribution in [-0.2, 0) is 16.2 Å². The van der Waals surface area contributed by atoms with E-state index in [0.29, 0.717) is 13.0 Å². The molecular formula is C16H18F3N3O2S. The Labute approximate surface area is 143 Å². The van der Waals surface area contributed by atoms with Crippen LogP contribution < -0.4 is 0 Å². The lowest BCUT2D eigenvalue weighted by Crippen LogP contribution is -2.39. The second-order valence-electron chi connectivity index (χ2n) is 6.19. The quantitative estimate of drug-likeness (QED) is 0.898. The average molecular weight is 373 g/mol. The van der Waals surface area contributed by atoms with Crippen LogP contribution in [0.2, 0.25) is 0 Å². The summed E-state index contributed by atoms with van der Waals surface area (Å²) in [4.78, 5) is -0.123. The Morgan fingerprint density at radius 2 is 1.92 bits per heavy atom. The van der Waals surface area contributed by atoms with Crippen molar-refractivity contribution >= 4 is 10.0 Å². The normalized spacial score (nSPS) is 19.9. The Morgan fingerprint density at radius 1 is 1.24 bits per heavy atom. The Kier molecular flexibility index (Phi) is 4.63. The predicted molar refractivity (Wildman–Crippen MR) is 85.5 cm³/mol. The molecule has 0 radical (unpaired) electrons. The molecule has 0 unspecified atom stereocenters. The maximum Gasteiger partial charge on any atom is 0.416 e. The summed E-state index contributed by atoms with van der Waals surface area (Å²) in [5.41, 5.74) is 1.02. The SMILES string of the molecule is Cc1cn[nH]c1[C@H]1CCCN(S(=O)(=O)c2ccc(C(F)(F)F)cc2)C1. The van der Waals surface area contributed by atoms with E-state index in [9.17, 15) is 21.6 Å². The molecule has 0 aliphatic carbocycles. The van der Waals surface area contributed by atoms with Gasteiger partial charge in [-0.1, -0.05) is 0 Å². The van der Waals surface area contributed by atoms with E-state index in [2.05, 4.69) is 10.2 Å². The first-order chi connectivity index (χ1) is 11.7. The lowest BCUT2D eigenvalue weighted by molar-refractivity contribution is -0.137. The number of alkyl halides is 3. The molecule has 5 nitrogen and oxygen atoms in total.